The van der Waals surface area contributed by atoms with Crippen molar-refractivity contribution >= 4 is 40.8 Å². The molecule has 0 bridgehead atoms. The number of halogens is 1. The van der Waals surface area contributed by atoms with Gasteiger partial charge in [0.05, 0.1) is 37.8 Å². The maximum Gasteiger partial charge on any atom is 0.339 e. The van der Waals surface area contributed by atoms with Gasteiger partial charge in [0.15, 0.2) is 11.5 Å². The van der Waals surface area contributed by atoms with Crippen molar-refractivity contribution in [3.05, 3.63) is 47.0 Å². The minimum atomic E-state index is -0.605. The molecule has 0 spiro atoms. The summed E-state index contributed by atoms with van der Waals surface area (Å²) < 4.78 is 15.2. The number of carbonyl (C=O) groups excluding carboxylic acids is 3. The van der Waals surface area contributed by atoms with E-state index in [4.69, 9.17) is 21.1 Å². The lowest BCUT2D eigenvalue weighted by atomic mass is 10.1. The van der Waals surface area contributed by atoms with Crippen molar-refractivity contribution in [2.24, 2.45) is 5.92 Å². The van der Waals surface area contributed by atoms with Crippen LogP contribution in [0.5, 0.6) is 11.5 Å². The van der Waals surface area contributed by atoms with E-state index in [1.165, 1.54) is 38.4 Å². The molecule has 1 aliphatic rings. The summed E-state index contributed by atoms with van der Waals surface area (Å²) in [6, 6.07) is 9.65. The molecule has 3 rings (SSSR count). The van der Waals surface area contributed by atoms with Gasteiger partial charge in [-0.1, -0.05) is 11.6 Å². The van der Waals surface area contributed by atoms with Crippen LogP contribution in [0.4, 0.5) is 11.4 Å². The summed E-state index contributed by atoms with van der Waals surface area (Å²) in [5, 5.41) is 2.95. The summed E-state index contributed by atoms with van der Waals surface area (Å²) in [4.78, 5) is 38.5. The largest absolute Gasteiger partial charge is 0.493 e. The lowest BCUT2D eigenvalue weighted by Gasteiger charge is -2.18. The van der Waals surface area contributed by atoms with E-state index in [1.54, 1.807) is 24.3 Å². The minimum Gasteiger partial charge on any atom is -0.493 e. The van der Waals surface area contributed by atoms with Crippen LogP contribution in [0.1, 0.15) is 16.8 Å². The summed E-state index contributed by atoms with van der Waals surface area (Å²) in [6.45, 7) is 0.220. The molecule has 1 unspecified atom stereocenters. The van der Waals surface area contributed by atoms with Gasteiger partial charge in [-0.3, -0.25) is 9.59 Å². The fourth-order valence-corrected chi connectivity index (χ4v) is 3.43. The van der Waals surface area contributed by atoms with E-state index in [0.717, 1.165) is 0 Å². The summed E-state index contributed by atoms with van der Waals surface area (Å²) in [6.07, 6.45) is 0.0671. The van der Waals surface area contributed by atoms with Crippen LogP contribution in [0.25, 0.3) is 0 Å². The molecule has 0 radical (unpaired) electrons. The van der Waals surface area contributed by atoms with Crippen LogP contribution in [-0.4, -0.2) is 45.7 Å². The van der Waals surface area contributed by atoms with E-state index in [9.17, 15) is 14.4 Å². The predicted molar refractivity (Wildman–Crippen MR) is 111 cm³/mol. The monoisotopic (exact) mass is 432 g/mol. The smallest absolute Gasteiger partial charge is 0.339 e. The average Bonchev–Trinajstić information content (AvgIpc) is 3.15. The van der Waals surface area contributed by atoms with Gasteiger partial charge < -0.3 is 24.4 Å². The van der Waals surface area contributed by atoms with Crippen molar-refractivity contribution in [2.45, 2.75) is 6.42 Å². The molecule has 9 heteroatoms. The third-order valence-corrected chi connectivity index (χ3v) is 5.14. The number of nitrogens with zero attached hydrogens (tertiary/aromatic N) is 1. The van der Waals surface area contributed by atoms with Gasteiger partial charge in [0.25, 0.3) is 0 Å². The van der Waals surface area contributed by atoms with E-state index < -0.39 is 11.9 Å². The number of ether oxygens (including phenoxy) is 3. The van der Waals surface area contributed by atoms with E-state index in [2.05, 4.69) is 10.1 Å². The van der Waals surface area contributed by atoms with E-state index in [-0.39, 0.29) is 35.4 Å². The summed E-state index contributed by atoms with van der Waals surface area (Å²) >= 11 is 6.00. The second-order valence-corrected chi connectivity index (χ2v) is 7.03. The highest BCUT2D eigenvalue weighted by atomic mass is 35.5. The Bertz CT molecular complexity index is 993. The Morgan fingerprint density at radius 2 is 1.80 bits per heavy atom. The zero-order valence-corrected chi connectivity index (χ0v) is 17.5. The van der Waals surface area contributed by atoms with Gasteiger partial charge in [0.1, 0.15) is 0 Å². The lowest BCUT2D eigenvalue weighted by molar-refractivity contribution is -0.122. The Labute approximate surface area is 178 Å². The summed E-state index contributed by atoms with van der Waals surface area (Å²) in [5.74, 6) is -0.619. The van der Waals surface area contributed by atoms with Crippen molar-refractivity contribution < 1.29 is 28.6 Å². The van der Waals surface area contributed by atoms with Crippen molar-refractivity contribution in [1.82, 2.24) is 0 Å². The SMILES string of the molecule is COC(=O)c1cc(NC(=O)C2CC(=O)N(c3ccc(OC)c(OC)c3)C2)ccc1Cl. The summed E-state index contributed by atoms with van der Waals surface area (Å²) in [5.41, 5.74) is 1.15. The van der Waals surface area contributed by atoms with Crippen molar-refractivity contribution in [3.63, 3.8) is 0 Å². The number of hydrogen-bond donors (Lipinski definition) is 1. The Kier molecular flexibility index (Phi) is 6.47. The zero-order valence-electron chi connectivity index (χ0n) is 16.7. The minimum absolute atomic E-state index is 0.0671. The molecular formula is C21H21ClN2O6. The van der Waals surface area contributed by atoms with Crippen LogP contribution in [0.15, 0.2) is 36.4 Å². The molecule has 1 saturated heterocycles. The maximum absolute atomic E-state index is 12.7. The van der Waals surface area contributed by atoms with Crippen LogP contribution in [0, 0.1) is 5.92 Å². The van der Waals surface area contributed by atoms with Crippen molar-refractivity contribution in [2.75, 3.05) is 38.1 Å². The van der Waals surface area contributed by atoms with Crippen molar-refractivity contribution in [3.8, 4) is 11.5 Å². The van der Waals surface area contributed by atoms with Gasteiger partial charge in [0.2, 0.25) is 11.8 Å². The number of amides is 2. The van der Waals surface area contributed by atoms with Gasteiger partial charge in [-0.2, -0.15) is 0 Å². The van der Waals surface area contributed by atoms with Crippen LogP contribution < -0.4 is 19.7 Å². The van der Waals surface area contributed by atoms with Gasteiger partial charge >= 0.3 is 5.97 Å². The van der Waals surface area contributed by atoms with Gasteiger partial charge in [-0.05, 0) is 30.3 Å². The van der Waals surface area contributed by atoms with E-state index in [0.29, 0.717) is 22.9 Å². The normalized spacial score (nSPS) is 15.7. The fourth-order valence-electron chi connectivity index (χ4n) is 3.24. The highest BCUT2D eigenvalue weighted by Gasteiger charge is 2.35. The molecule has 8 nitrogen and oxygen atoms in total. The molecule has 1 N–H and O–H groups in total. The van der Waals surface area contributed by atoms with E-state index >= 15 is 0 Å². The first kappa shape index (κ1) is 21.4. The second kappa shape index (κ2) is 9.04. The van der Waals surface area contributed by atoms with Crippen LogP contribution >= 0.6 is 11.6 Å². The average molecular weight is 433 g/mol. The topological polar surface area (TPSA) is 94.2 Å². The van der Waals surface area contributed by atoms with Gasteiger partial charge in [0, 0.05) is 30.4 Å². The molecule has 0 saturated carbocycles. The highest BCUT2D eigenvalue weighted by Crippen LogP contribution is 2.34. The molecule has 1 atom stereocenters. The lowest BCUT2D eigenvalue weighted by Crippen LogP contribution is -2.28. The number of hydrogen-bond acceptors (Lipinski definition) is 6. The maximum atomic E-state index is 12.7. The number of anilines is 2. The Balaban J connectivity index is 1.74. The number of carbonyl (C=O) groups is 3. The van der Waals surface area contributed by atoms with Gasteiger partial charge in [-0.25, -0.2) is 4.79 Å². The second-order valence-electron chi connectivity index (χ2n) is 6.62. The number of methoxy groups -OCH3 is 3. The standard InChI is InChI=1S/C21H21ClN2O6/c1-28-17-7-5-14(10-18(17)29-2)24-11-12(8-19(24)25)20(26)23-13-4-6-16(22)15(9-13)21(27)30-3/h4-7,9-10,12H,8,11H2,1-3H3,(H,23,26). The first-order chi connectivity index (χ1) is 14.4. The summed E-state index contributed by atoms with van der Waals surface area (Å²) in [7, 11) is 4.29. The zero-order chi connectivity index (χ0) is 21.8. The molecule has 1 fully saturated rings. The number of nitrogens with one attached hydrogen (secondary N) is 1. The van der Waals surface area contributed by atoms with E-state index in [1.807, 2.05) is 0 Å². The molecule has 0 aromatic heterocycles. The van der Waals surface area contributed by atoms with Crippen LogP contribution in [-0.2, 0) is 14.3 Å². The molecule has 2 aromatic carbocycles. The number of benzene rings is 2. The molecule has 1 heterocycles. The van der Waals surface area contributed by atoms with Crippen LogP contribution in [0.2, 0.25) is 5.02 Å². The molecule has 158 valence electrons. The molecule has 2 aromatic rings. The molecule has 0 aliphatic carbocycles. The Morgan fingerprint density at radius 1 is 1.07 bits per heavy atom. The third kappa shape index (κ3) is 4.33. The first-order valence-corrected chi connectivity index (χ1v) is 9.46. The predicted octanol–water partition coefficient (Wildman–Crippen LogP) is 3.14. The Morgan fingerprint density at radius 3 is 2.47 bits per heavy atom. The van der Waals surface area contributed by atoms with Gasteiger partial charge in [-0.15, -0.1) is 0 Å². The molecule has 2 amide bonds. The Hall–Kier alpha value is -3.26. The third-order valence-electron chi connectivity index (χ3n) is 4.81. The highest BCUT2D eigenvalue weighted by molar-refractivity contribution is 6.33. The quantitative estimate of drug-likeness (QED) is 0.705. The molecular weight excluding hydrogens is 412 g/mol. The van der Waals surface area contributed by atoms with Crippen molar-refractivity contribution in [1.29, 1.82) is 0 Å². The first-order valence-electron chi connectivity index (χ1n) is 9.09. The van der Waals surface area contributed by atoms with Crippen LogP contribution in [0.3, 0.4) is 0 Å². The molecule has 30 heavy (non-hydrogen) atoms. The number of esters is 1. The number of rotatable bonds is 6. The fraction of sp³-hybridized carbons (Fsp3) is 0.286. The molecule has 1 aliphatic heterocycles.